The van der Waals surface area contributed by atoms with E-state index in [-0.39, 0.29) is 30.2 Å². The zero-order chi connectivity index (χ0) is 16.0. The molecule has 3 saturated heterocycles. The first-order chi connectivity index (χ1) is 11.1. The minimum absolute atomic E-state index is 0.0174. The third kappa shape index (κ3) is 2.49. The lowest BCUT2D eigenvalue weighted by Crippen LogP contribution is -2.22. The van der Waals surface area contributed by atoms with Crippen molar-refractivity contribution >= 4 is 22.8 Å². The number of rotatable bonds is 1. The van der Waals surface area contributed by atoms with E-state index < -0.39 is 0 Å². The molecule has 0 amide bonds. The van der Waals surface area contributed by atoms with Gasteiger partial charge in [-0.05, 0) is 41.0 Å². The van der Waals surface area contributed by atoms with Crippen molar-refractivity contribution in [1.82, 2.24) is 0 Å². The first kappa shape index (κ1) is 14.3. The second kappa shape index (κ2) is 5.39. The Kier molecular flexibility index (Phi) is 3.34. The predicted molar refractivity (Wildman–Crippen MR) is 86.7 cm³/mol. The molecule has 1 radical (unpaired) electrons. The molecule has 4 nitrogen and oxygen atoms in total. The maximum atomic E-state index is 11.0. The average molecular weight is 309 g/mol. The molecule has 5 rings (SSSR count). The van der Waals surface area contributed by atoms with Crippen molar-refractivity contribution in [2.75, 3.05) is 0 Å². The van der Waals surface area contributed by atoms with Gasteiger partial charge in [-0.1, -0.05) is 30.9 Å². The number of esters is 1. The van der Waals surface area contributed by atoms with Crippen molar-refractivity contribution in [1.29, 1.82) is 0 Å². The fourth-order valence-electron chi connectivity index (χ4n) is 3.42. The molecule has 2 aromatic rings. The van der Waals surface area contributed by atoms with E-state index in [9.17, 15) is 9.90 Å². The van der Waals surface area contributed by atoms with Crippen LogP contribution in [-0.4, -0.2) is 29.4 Å². The highest BCUT2D eigenvalue weighted by molar-refractivity contribution is 5.85. The maximum absolute atomic E-state index is 11.0. The molecule has 4 unspecified atom stereocenters. The average Bonchev–Trinajstić information content (AvgIpc) is 3.18. The summed E-state index contributed by atoms with van der Waals surface area (Å²) in [5.41, 5.74) is 1.10. The summed E-state index contributed by atoms with van der Waals surface area (Å²) in [5.74, 6) is 0.296. The van der Waals surface area contributed by atoms with Crippen LogP contribution in [0.3, 0.4) is 0 Å². The van der Waals surface area contributed by atoms with Gasteiger partial charge >= 0.3 is 5.97 Å². The highest BCUT2D eigenvalue weighted by atomic mass is 16.6. The zero-order valence-corrected chi connectivity index (χ0v) is 12.5. The minimum atomic E-state index is -0.0637. The molecule has 0 aliphatic carbocycles. The van der Waals surface area contributed by atoms with Crippen LogP contribution in [0, 0.1) is 12.3 Å². The highest BCUT2D eigenvalue weighted by Crippen LogP contribution is 2.45. The topological polar surface area (TPSA) is 55.8 Å². The summed E-state index contributed by atoms with van der Waals surface area (Å²) in [6, 6.07) is 11.3. The number of hydrogen-bond donors (Lipinski definition) is 1. The van der Waals surface area contributed by atoms with E-state index in [0.717, 1.165) is 22.8 Å². The van der Waals surface area contributed by atoms with E-state index in [1.54, 1.807) is 12.1 Å². The van der Waals surface area contributed by atoms with Crippen LogP contribution in [0.4, 0.5) is 0 Å². The third-order valence-corrected chi connectivity index (χ3v) is 4.58. The van der Waals surface area contributed by atoms with Crippen molar-refractivity contribution in [3.05, 3.63) is 55.0 Å². The smallest absolute Gasteiger partial charge is 0.312 e. The fourth-order valence-corrected chi connectivity index (χ4v) is 3.42. The lowest BCUT2D eigenvalue weighted by Gasteiger charge is -2.07. The van der Waals surface area contributed by atoms with Gasteiger partial charge in [-0.3, -0.25) is 4.79 Å². The lowest BCUT2D eigenvalue weighted by atomic mass is 9.90. The Hall–Kier alpha value is -2.33. The number of ether oxygens (including phenoxy) is 2. The summed E-state index contributed by atoms with van der Waals surface area (Å²) in [5, 5.41) is 11.4. The molecule has 2 aromatic carbocycles. The number of phenols is 1. The van der Waals surface area contributed by atoms with Crippen LogP contribution < -0.4 is 0 Å². The molecule has 3 fully saturated rings. The van der Waals surface area contributed by atoms with Crippen LogP contribution in [0.15, 0.2) is 43.0 Å². The van der Waals surface area contributed by atoms with Crippen molar-refractivity contribution in [3.63, 3.8) is 0 Å². The first-order valence-electron chi connectivity index (χ1n) is 7.70. The fraction of sp³-hybridized carbons (Fsp3) is 0.263. The van der Waals surface area contributed by atoms with Crippen molar-refractivity contribution in [2.45, 2.75) is 24.7 Å². The van der Waals surface area contributed by atoms with Crippen molar-refractivity contribution < 1.29 is 19.4 Å². The van der Waals surface area contributed by atoms with Gasteiger partial charge in [0.05, 0.1) is 12.0 Å². The number of benzene rings is 2. The molecular weight excluding hydrogens is 292 g/mol. The van der Waals surface area contributed by atoms with Gasteiger partial charge in [-0.2, -0.15) is 0 Å². The largest absolute Gasteiger partial charge is 0.508 e. The zero-order valence-electron chi connectivity index (χ0n) is 12.5. The Labute approximate surface area is 134 Å². The normalized spacial score (nSPS) is 30.0. The van der Waals surface area contributed by atoms with E-state index in [4.69, 9.17) is 9.47 Å². The monoisotopic (exact) mass is 309 g/mol. The van der Waals surface area contributed by atoms with E-state index >= 15 is 0 Å². The summed E-state index contributed by atoms with van der Waals surface area (Å²) in [4.78, 5) is 11.0. The van der Waals surface area contributed by atoms with Gasteiger partial charge in [0.25, 0.3) is 0 Å². The van der Waals surface area contributed by atoms with Crippen LogP contribution >= 0.6 is 0 Å². The SMILES string of the molecule is C=Cc1ccc2cc(O)ccc2c1.O=C1OC2[CH]C3CC1C2O3. The predicted octanol–water partition coefficient (Wildman–Crippen LogP) is 3.09. The molecule has 0 aromatic heterocycles. The summed E-state index contributed by atoms with van der Waals surface area (Å²) in [6.45, 7) is 3.71. The third-order valence-electron chi connectivity index (χ3n) is 4.58. The van der Waals surface area contributed by atoms with Gasteiger partial charge in [-0.15, -0.1) is 0 Å². The summed E-state index contributed by atoms with van der Waals surface area (Å²) < 4.78 is 10.4. The van der Waals surface area contributed by atoms with Gasteiger partial charge in [0, 0.05) is 6.42 Å². The van der Waals surface area contributed by atoms with Crippen molar-refractivity contribution in [2.24, 2.45) is 5.92 Å². The molecule has 1 N–H and O–H groups in total. The molecule has 3 aliphatic rings. The van der Waals surface area contributed by atoms with E-state index in [1.807, 2.05) is 36.8 Å². The van der Waals surface area contributed by atoms with E-state index in [1.165, 1.54) is 0 Å². The summed E-state index contributed by atoms with van der Waals surface area (Å²) in [6.07, 6.45) is 4.90. The quantitative estimate of drug-likeness (QED) is 0.823. The Balaban J connectivity index is 0.000000121. The molecule has 3 heterocycles. The Morgan fingerprint density at radius 2 is 1.96 bits per heavy atom. The van der Waals surface area contributed by atoms with E-state index in [0.29, 0.717) is 5.75 Å². The van der Waals surface area contributed by atoms with Crippen molar-refractivity contribution in [3.8, 4) is 5.75 Å². The van der Waals surface area contributed by atoms with Gasteiger partial charge in [0.15, 0.2) is 0 Å². The number of carbonyl (C=O) groups is 1. The van der Waals surface area contributed by atoms with Crippen LogP contribution in [-0.2, 0) is 14.3 Å². The van der Waals surface area contributed by atoms with Gasteiger partial charge in [-0.25, -0.2) is 0 Å². The molecule has 23 heavy (non-hydrogen) atoms. The Bertz CT molecular complexity index is 780. The Morgan fingerprint density at radius 3 is 2.65 bits per heavy atom. The number of fused-ring (bicyclic) bond motifs is 2. The maximum Gasteiger partial charge on any atom is 0.312 e. The molecule has 2 bridgehead atoms. The molecule has 117 valence electrons. The van der Waals surface area contributed by atoms with Crippen LogP contribution in [0.5, 0.6) is 5.75 Å². The number of aromatic hydroxyl groups is 1. The van der Waals surface area contributed by atoms with Crippen LogP contribution in [0.2, 0.25) is 0 Å². The molecule has 4 heteroatoms. The second-order valence-electron chi connectivity index (χ2n) is 6.07. The lowest BCUT2D eigenvalue weighted by molar-refractivity contribution is -0.142. The summed E-state index contributed by atoms with van der Waals surface area (Å²) >= 11 is 0. The van der Waals surface area contributed by atoms with Gasteiger partial charge in [0.1, 0.15) is 18.0 Å². The molecule has 3 aliphatic heterocycles. The number of carbonyl (C=O) groups excluding carboxylic acids is 1. The second-order valence-corrected chi connectivity index (χ2v) is 6.07. The highest BCUT2D eigenvalue weighted by Gasteiger charge is 2.58. The summed E-state index contributed by atoms with van der Waals surface area (Å²) in [7, 11) is 0. The van der Waals surface area contributed by atoms with Gasteiger partial charge in [0.2, 0.25) is 0 Å². The molecule has 0 spiro atoms. The number of phenolic OH excluding ortho intramolecular Hbond substituents is 1. The van der Waals surface area contributed by atoms with Crippen LogP contribution in [0.1, 0.15) is 12.0 Å². The minimum Gasteiger partial charge on any atom is -0.508 e. The first-order valence-corrected chi connectivity index (χ1v) is 7.70. The molecule has 4 atom stereocenters. The standard InChI is InChI=1S/C12H10O.C7H7O3/c1-2-9-3-4-11-8-12(13)6-5-10(11)7-9;8-7-4-1-3-2-5(10-7)6(4)9-3/h2-8,13H,1H2;2-6H,1H2. The Morgan fingerprint density at radius 1 is 1.17 bits per heavy atom. The van der Waals surface area contributed by atoms with Crippen LogP contribution in [0.25, 0.3) is 16.8 Å². The molecule has 0 saturated carbocycles. The number of hydrogen-bond acceptors (Lipinski definition) is 4. The molecular formula is C19H17O4. The van der Waals surface area contributed by atoms with E-state index in [2.05, 4.69) is 6.58 Å². The van der Waals surface area contributed by atoms with Gasteiger partial charge < -0.3 is 14.6 Å².